The summed E-state index contributed by atoms with van der Waals surface area (Å²) in [5.41, 5.74) is 1.68. The number of benzene rings is 1. The Kier molecular flexibility index (Phi) is 3.93. The Morgan fingerprint density at radius 1 is 1.27 bits per heavy atom. The van der Waals surface area contributed by atoms with Crippen molar-refractivity contribution < 1.29 is 19.2 Å². The number of phenolic OH excluding ortho intramolecular Hbond substituents is 1. The van der Waals surface area contributed by atoms with Crippen molar-refractivity contribution in [2.75, 3.05) is 13.1 Å². The first-order chi connectivity index (χ1) is 10.4. The molecule has 0 aliphatic carbocycles. The lowest BCUT2D eigenvalue weighted by molar-refractivity contribution is -0.928. The lowest BCUT2D eigenvalue weighted by atomic mass is 10.1. The molecular formula is C17H22NO4+. The third-order valence-corrected chi connectivity index (χ3v) is 4.28. The summed E-state index contributed by atoms with van der Waals surface area (Å²) in [7, 11) is 0. The Morgan fingerprint density at radius 3 is 2.64 bits per heavy atom. The fourth-order valence-electron chi connectivity index (χ4n) is 3.36. The number of phenols is 1. The molecule has 118 valence electrons. The minimum Gasteiger partial charge on any atom is -0.508 e. The van der Waals surface area contributed by atoms with Crippen molar-refractivity contribution in [2.45, 2.75) is 39.5 Å². The van der Waals surface area contributed by atoms with E-state index < -0.39 is 0 Å². The average Bonchev–Trinajstić information content (AvgIpc) is 2.42. The highest BCUT2D eigenvalue weighted by Crippen LogP contribution is 2.27. The van der Waals surface area contributed by atoms with Gasteiger partial charge in [0.05, 0.1) is 0 Å². The van der Waals surface area contributed by atoms with E-state index in [0.29, 0.717) is 11.1 Å². The Labute approximate surface area is 129 Å². The minimum absolute atomic E-state index is 0.147. The molecule has 22 heavy (non-hydrogen) atoms. The monoisotopic (exact) mass is 304 g/mol. The summed E-state index contributed by atoms with van der Waals surface area (Å²) in [6.07, 6.45) is 0.437. The van der Waals surface area contributed by atoms with Crippen molar-refractivity contribution in [3.05, 3.63) is 39.7 Å². The van der Waals surface area contributed by atoms with Gasteiger partial charge in [0.2, 0.25) is 0 Å². The molecule has 1 saturated heterocycles. The van der Waals surface area contributed by atoms with Gasteiger partial charge in [-0.1, -0.05) is 0 Å². The van der Waals surface area contributed by atoms with Crippen LogP contribution in [0.5, 0.6) is 5.75 Å². The fourth-order valence-corrected chi connectivity index (χ4v) is 3.36. The number of rotatable bonds is 2. The lowest BCUT2D eigenvalue weighted by Crippen LogP contribution is -3.14. The van der Waals surface area contributed by atoms with Gasteiger partial charge in [-0.15, -0.1) is 0 Å². The SMILES string of the molecule is Cc1c(O)ccc2c(C[NH+]3C[C@@H](C)O[C@@H](C)C3)cc(=O)oc12. The van der Waals surface area contributed by atoms with Gasteiger partial charge in [-0.2, -0.15) is 0 Å². The Balaban J connectivity index is 2.00. The van der Waals surface area contributed by atoms with E-state index >= 15 is 0 Å². The molecule has 2 aromatic rings. The molecule has 1 aromatic heterocycles. The predicted molar refractivity (Wildman–Crippen MR) is 83.3 cm³/mol. The van der Waals surface area contributed by atoms with Crippen molar-refractivity contribution in [3.63, 3.8) is 0 Å². The molecule has 0 saturated carbocycles. The third kappa shape index (κ3) is 2.87. The van der Waals surface area contributed by atoms with E-state index in [-0.39, 0.29) is 23.6 Å². The number of hydrogen-bond donors (Lipinski definition) is 2. The van der Waals surface area contributed by atoms with Crippen LogP contribution in [0.4, 0.5) is 0 Å². The molecule has 1 aliphatic rings. The number of aryl methyl sites for hydroxylation is 1. The first kappa shape index (κ1) is 15.1. The Hall–Kier alpha value is -1.85. The Morgan fingerprint density at radius 2 is 1.95 bits per heavy atom. The van der Waals surface area contributed by atoms with E-state index in [1.54, 1.807) is 19.1 Å². The molecule has 5 heteroatoms. The zero-order valence-corrected chi connectivity index (χ0v) is 13.2. The molecular weight excluding hydrogens is 282 g/mol. The summed E-state index contributed by atoms with van der Waals surface area (Å²) >= 11 is 0. The van der Waals surface area contributed by atoms with Crippen LogP contribution in [-0.4, -0.2) is 30.4 Å². The second kappa shape index (κ2) is 5.74. The molecule has 5 nitrogen and oxygen atoms in total. The van der Waals surface area contributed by atoms with Crippen LogP contribution in [0.1, 0.15) is 25.0 Å². The summed E-state index contributed by atoms with van der Waals surface area (Å²) in [5.74, 6) is 0.147. The maximum absolute atomic E-state index is 11.9. The van der Waals surface area contributed by atoms with Crippen LogP contribution in [0.25, 0.3) is 11.0 Å². The summed E-state index contributed by atoms with van der Waals surface area (Å²) in [5, 5.41) is 10.7. The second-order valence-electron chi connectivity index (χ2n) is 6.27. The fraction of sp³-hybridized carbons (Fsp3) is 0.471. The summed E-state index contributed by atoms with van der Waals surface area (Å²) in [6, 6.07) is 5.04. The lowest BCUT2D eigenvalue weighted by Gasteiger charge is -2.32. The van der Waals surface area contributed by atoms with E-state index in [0.717, 1.165) is 30.6 Å². The van der Waals surface area contributed by atoms with Gasteiger partial charge in [0.1, 0.15) is 43.2 Å². The standard InChI is InChI=1S/C17H21NO4/c1-10-7-18(8-11(2)21-10)9-13-6-16(20)22-17-12(3)15(19)5-4-14(13)17/h4-6,10-11,19H,7-9H2,1-3H3/p+1/t10-,11+. The molecule has 0 radical (unpaired) electrons. The highest BCUT2D eigenvalue weighted by Gasteiger charge is 2.26. The first-order valence-electron chi connectivity index (χ1n) is 7.68. The Bertz CT molecular complexity index is 742. The average molecular weight is 304 g/mol. The molecule has 1 unspecified atom stereocenters. The maximum atomic E-state index is 11.9. The second-order valence-corrected chi connectivity index (χ2v) is 6.27. The molecule has 1 fully saturated rings. The van der Waals surface area contributed by atoms with Gasteiger partial charge in [-0.3, -0.25) is 0 Å². The first-order valence-corrected chi connectivity index (χ1v) is 7.68. The zero-order valence-electron chi connectivity index (χ0n) is 13.2. The molecule has 3 rings (SSSR count). The van der Waals surface area contributed by atoms with Gasteiger partial charge >= 0.3 is 5.63 Å². The van der Waals surface area contributed by atoms with Gasteiger partial charge in [-0.05, 0) is 32.9 Å². The zero-order chi connectivity index (χ0) is 15.9. The quantitative estimate of drug-likeness (QED) is 0.813. The molecule has 2 N–H and O–H groups in total. The van der Waals surface area contributed by atoms with Gasteiger partial charge in [-0.25, -0.2) is 4.79 Å². The number of fused-ring (bicyclic) bond motifs is 1. The molecule has 2 heterocycles. The van der Waals surface area contributed by atoms with Crippen molar-refractivity contribution >= 4 is 11.0 Å². The van der Waals surface area contributed by atoms with E-state index in [2.05, 4.69) is 13.8 Å². The number of quaternary nitrogens is 1. The summed E-state index contributed by atoms with van der Waals surface area (Å²) in [6.45, 7) is 8.51. The molecule has 3 atom stereocenters. The van der Waals surface area contributed by atoms with E-state index in [9.17, 15) is 9.90 Å². The third-order valence-electron chi connectivity index (χ3n) is 4.28. The molecule has 0 spiro atoms. The molecule has 1 aliphatic heterocycles. The van der Waals surface area contributed by atoms with Gasteiger partial charge in [0.15, 0.2) is 0 Å². The minimum atomic E-state index is -0.370. The summed E-state index contributed by atoms with van der Waals surface area (Å²) < 4.78 is 11.1. The predicted octanol–water partition coefficient (Wildman–Crippen LogP) is 0.999. The number of aromatic hydroxyl groups is 1. The topological polar surface area (TPSA) is 64.1 Å². The van der Waals surface area contributed by atoms with Crippen LogP contribution >= 0.6 is 0 Å². The number of morpholine rings is 1. The smallest absolute Gasteiger partial charge is 0.336 e. The van der Waals surface area contributed by atoms with Gasteiger partial charge in [0, 0.05) is 22.6 Å². The molecule has 1 aromatic carbocycles. The van der Waals surface area contributed by atoms with Crippen molar-refractivity contribution in [1.29, 1.82) is 0 Å². The van der Waals surface area contributed by atoms with Crippen molar-refractivity contribution in [3.8, 4) is 5.75 Å². The summed E-state index contributed by atoms with van der Waals surface area (Å²) in [4.78, 5) is 13.2. The van der Waals surface area contributed by atoms with Crippen LogP contribution in [0, 0.1) is 6.92 Å². The van der Waals surface area contributed by atoms with E-state index in [4.69, 9.17) is 9.15 Å². The number of nitrogens with one attached hydrogen (secondary N) is 1. The maximum Gasteiger partial charge on any atom is 0.336 e. The van der Waals surface area contributed by atoms with Crippen LogP contribution < -0.4 is 10.5 Å². The normalized spacial score (nSPS) is 25.5. The van der Waals surface area contributed by atoms with Gasteiger partial charge in [0.25, 0.3) is 0 Å². The largest absolute Gasteiger partial charge is 0.508 e. The highest BCUT2D eigenvalue weighted by molar-refractivity contribution is 5.84. The van der Waals surface area contributed by atoms with Crippen LogP contribution in [-0.2, 0) is 11.3 Å². The van der Waals surface area contributed by atoms with E-state index in [1.807, 2.05) is 6.07 Å². The number of ether oxygens (including phenoxy) is 1. The number of hydrogen-bond acceptors (Lipinski definition) is 4. The highest BCUT2D eigenvalue weighted by atomic mass is 16.5. The van der Waals surface area contributed by atoms with Crippen molar-refractivity contribution in [2.24, 2.45) is 0 Å². The molecule has 0 bridgehead atoms. The van der Waals surface area contributed by atoms with Crippen LogP contribution in [0.3, 0.4) is 0 Å². The van der Waals surface area contributed by atoms with Crippen LogP contribution in [0.2, 0.25) is 0 Å². The molecule has 0 amide bonds. The van der Waals surface area contributed by atoms with E-state index in [1.165, 1.54) is 4.90 Å². The van der Waals surface area contributed by atoms with Crippen molar-refractivity contribution in [1.82, 2.24) is 0 Å². The van der Waals surface area contributed by atoms with Crippen LogP contribution in [0.15, 0.2) is 27.4 Å². The van der Waals surface area contributed by atoms with Gasteiger partial charge < -0.3 is 19.2 Å².